The number of carbonyl (C=O) groups excluding carboxylic acids is 1. The highest BCUT2D eigenvalue weighted by atomic mass is 19.1. The smallest absolute Gasteiger partial charge is 0.266 e. The van der Waals surface area contributed by atoms with Gasteiger partial charge in [-0.15, -0.1) is 0 Å². The van der Waals surface area contributed by atoms with Crippen molar-refractivity contribution in [3.63, 3.8) is 0 Å². The maximum atomic E-state index is 13.6. The summed E-state index contributed by atoms with van der Waals surface area (Å²) >= 11 is 0. The van der Waals surface area contributed by atoms with E-state index in [0.717, 1.165) is 33.6 Å². The second kappa shape index (κ2) is 9.32. The fraction of sp³-hybridized carbons (Fsp3) is 0.292. The van der Waals surface area contributed by atoms with Gasteiger partial charge in [-0.2, -0.15) is 0 Å². The molecule has 2 aromatic carbocycles. The van der Waals surface area contributed by atoms with Crippen LogP contribution in [0.1, 0.15) is 21.6 Å². The number of hydrogen-bond donors (Lipinski definition) is 1. The summed E-state index contributed by atoms with van der Waals surface area (Å²) in [6, 6.07) is 9.96. The molecule has 0 aliphatic rings. The second-order valence-corrected chi connectivity index (χ2v) is 7.33. The van der Waals surface area contributed by atoms with Crippen LogP contribution in [0.4, 0.5) is 4.39 Å². The van der Waals surface area contributed by atoms with Gasteiger partial charge in [0, 0.05) is 31.5 Å². The highest BCUT2D eigenvalue weighted by Gasteiger charge is 2.26. The molecule has 2 N–H and O–H groups in total. The summed E-state index contributed by atoms with van der Waals surface area (Å²) < 4.78 is 31.4. The van der Waals surface area contributed by atoms with Crippen molar-refractivity contribution in [3.8, 4) is 28.0 Å². The molecule has 0 unspecified atom stereocenters. The molecule has 31 heavy (non-hydrogen) atoms. The molecule has 1 amide bonds. The lowest BCUT2D eigenvalue weighted by molar-refractivity contribution is -0.111. The Morgan fingerprint density at radius 2 is 1.61 bits per heavy atom. The minimum Gasteiger partial charge on any atom is -0.497 e. The van der Waals surface area contributed by atoms with Crippen LogP contribution in [-0.4, -0.2) is 38.1 Å². The van der Waals surface area contributed by atoms with E-state index in [1.54, 1.807) is 23.8 Å². The van der Waals surface area contributed by atoms with Crippen LogP contribution in [0.15, 0.2) is 42.6 Å². The van der Waals surface area contributed by atoms with Gasteiger partial charge in [0.2, 0.25) is 0 Å². The largest absolute Gasteiger partial charge is 0.497 e. The van der Waals surface area contributed by atoms with E-state index < -0.39 is 12.2 Å². The van der Waals surface area contributed by atoms with Gasteiger partial charge in [0.25, 0.3) is 5.91 Å². The topological polar surface area (TPSA) is 75.7 Å². The summed E-state index contributed by atoms with van der Waals surface area (Å²) in [5, 5.41) is 0. The third kappa shape index (κ3) is 4.47. The number of primary amides is 1. The predicted molar refractivity (Wildman–Crippen MR) is 118 cm³/mol. The molecular formula is C24H27FN2O4. The lowest BCUT2D eigenvalue weighted by atomic mass is 9.90. The second-order valence-electron chi connectivity index (χ2n) is 7.33. The van der Waals surface area contributed by atoms with Gasteiger partial charge in [-0.05, 0) is 60.4 Å². The van der Waals surface area contributed by atoms with E-state index in [0.29, 0.717) is 11.3 Å². The van der Waals surface area contributed by atoms with Gasteiger partial charge >= 0.3 is 0 Å². The first-order valence-corrected chi connectivity index (χ1v) is 9.80. The molecule has 0 aliphatic carbocycles. The van der Waals surface area contributed by atoms with Crippen molar-refractivity contribution >= 4 is 5.91 Å². The van der Waals surface area contributed by atoms with E-state index >= 15 is 0 Å². The van der Waals surface area contributed by atoms with Crippen molar-refractivity contribution in [3.05, 3.63) is 65.2 Å². The molecule has 1 heterocycles. The molecule has 0 radical (unpaired) electrons. The van der Waals surface area contributed by atoms with Crippen LogP contribution in [0, 0.1) is 19.7 Å². The fourth-order valence-corrected chi connectivity index (χ4v) is 3.91. The first kappa shape index (κ1) is 22.5. The van der Waals surface area contributed by atoms with Gasteiger partial charge in [0.05, 0.1) is 13.7 Å². The van der Waals surface area contributed by atoms with E-state index in [1.807, 2.05) is 32.2 Å². The third-order valence-electron chi connectivity index (χ3n) is 5.33. The molecule has 3 aromatic rings. The number of benzene rings is 2. The van der Waals surface area contributed by atoms with Gasteiger partial charge in [-0.3, -0.25) is 4.79 Å². The first-order chi connectivity index (χ1) is 14.8. The van der Waals surface area contributed by atoms with Gasteiger partial charge in [0.1, 0.15) is 17.3 Å². The van der Waals surface area contributed by atoms with Crippen LogP contribution in [0.2, 0.25) is 0 Å². The van der Waals surface area contributed by atoms with Crippen LogP contribution >= 0.6 is 0 Å². The number of carbonyl (C=O) groups is 1. The lowest BCUT2D eigenvalue weighted by Gasteiger charge is -2.17. The molecule has 0 atom stereocenters. The zero-order valence-corrected chi connectivity index (χ0v) is 18.4. The normalized spacial score (nSPS) is 11.2. The van der Waals surface area contributed by atoms with Crippen molar-refractivity contribution in [1.82, 2.24) is 4.57 Å². The Morgan fingerprint density at radius 3 is 2.10 bits per heavy atom. The van der Waals surface area contributed by atoms with E-state index in [9.17, 15) is 9.18 Å². The van der Waals surface area contributed by atoms with Crippen LogP contribution in [0.3, 0.4) is 0 Å². The third-order valence-corrected chi connectivity index (χ3v) is 5.33. The fourth-order valence-electron chi connectivity index (χ4n) is 3.91. The summed E-state index contributed by atoms with van der Waals surface area (Å²) in [7, 11) is 4.67. The zero-order valence-electron chi connectivity index (χ0n) is 18.4. The molecule has 0 aliphatic heterocycles. The Morgan fingerprint density at radius 1 is 1.03 bits per heavy atom. The van der Waals surface area contributed by atoms with Crippen LogP contribution in [-0.2, 0) is 16.0 Å². The molecule has 6 nitrogen and oxygen atoms in total. The van der Waals surface area contributed by atoms with Crippen LogP contribution in [0.5, 0.6) is 5.75 Å². The maximum absolute atomic E-state index is 13.6. The number of amides is 1. The molecule has 3 rings (SSSR count). The van der Waals surface area contributed by atoms with Crippen molar-refractivity contribution in [2.75, 3.05) is 21.3 Å². The molecule has 0 bridgehead atoms. The number of methoxy groups -OCH3 is 3. The van der Waals surface area contributed by atoms with Gasteiger partial charge < -0.3 is 24.5 Å². The Hall–Kier alpha value is -3.16. The van der Waals surface area contributed by atoms with Crippen molar-refractivity contribution in [2.45, 2.75) is 26.7 Å². The Bertz CT molecular complexity index is 1060. The summed E-state index contributed by atoms with van der Waals surface area (Å²) in [5.41, 5.74) is 11.1. The number of rotatable bonds is 8. The van der Waals surface area contributed by atoms with E-state index in [4.69, 9.17) is 19.9 Å². The van der Waals surface area contributed by atoms with E-state index in [-0.39, 0.29) is 12.4 Å². The van der Waals surface area contributed by atoms with Crippen molar-refractivity contribution < 1.29 is 23.4 Å². The summed E-state index contributed by atoms with van der Waals surface area (Å²) in [6.07, 6.45) is 1.26. The Balaban J connectivity index is 2.35. The Kier molecular flexibility index (Phi) is 6.77. The summed E-state index contributed by atoms with van der Waals surface area (Å²) in [6.45, 7) is 4.16. The van der Waals surface area contributed by atoms with E-state index in [1.165, 1.54) is 26.4 Å². The summed E-state index contributed by atoms with van der Waals surface area (Å²) in [5.74, 6) is -0.194. The number of nitrogens with zero attached hydrogens (tertiary/aromatic N) is 1. The number of hydrogen-bond acceptors (Lipinski definition) is 4. The van der Waals surface area contributed by atoms with Gasteiger partial charge in [-0.1, -0.05) is 12.1 Å². The van der Waals surface area contributed by atoms with E-state index in [2.05, 4.69) is 0 Å². The average molecular weight is 426 g/mol. The summed E-state index contributed by atoms with van der Waals surface area (Å²) in [4.78, 5) is 12.7. The van der Waals surface area contributed by atoms with Crippen molar-refractivity contribution in [1.29, 1.82) is 0 Å². The number of aryl methyl sites for hydroxylation is 2. The number of halogens is 1. The molecule has 7 heteroatoms. The Labute approximate surface area is 181 Å². The quantitative estimate of drug-likeness (QED) is 0.545. The molecule has 0 saturated heterocycles. The molecule has 0 fully saturated rings. The highest BCUT2D eigenvalue weighted by Crippen LogP contribution is 2.41. The lowest BCUT2D eigenvalue weighted by Crippen LogP contribution is -2.25. The maximum Gasteiger partial charge on any atom is 0.266 e. The molecule has 0 saturated carbocycles. The van der Waals surface area contributed by atoms with Crippen molar-refractivity contribution in [2.24, 2.45) is 5.73 Å². The minimum atomic E-state index is -0.580. The first-order valence-electron chi connectivity index (χ1n) is 9.80. The van der Waals surface area contributed by atoms with Gasteiger partial charge in [-0.25, -0.2) is 4.39 Å². The predicted octanol–water partition coefficient (Wildman–Crippen LogP) is 4.30. The molecule has 164 valence electrons. The monoisotopic (exact) mass is 426 g/mol. The SMILES string of the molecule is COc1cc(C)c(-c2c(-c3ccc(F)cc3)cn(CC(OC)OC)c2C(N)=O)c(C)c1. The molecule has 1 aromatic heterocycles. The molecular weight excluding hydrogens is 399 g/mol. The zero-order chi connectivity index (χ0) is 22.7. The average Bonchev–Trinajstić information content (AvgIpc) is 3.10. The van der Waals surface area contributed by atoms with Crippen LogP contribution < -0.4 is 10.5 Å². The van der Waals surface area contributed by atoms with Gasteiger partial charge in [0.15, 0.2) is 6.29 Å². The minimum absolute atomic E-state index is 0.258. The molecule has 0 spiro atoms. The van der Waals surface area contributed by atoms with Crippen LogP contribution in [0.25, 0.3) is 22.3 Å². The highest BCUT2D eigenvalue weighted by molar-refractivity contribution is 6.04. The number of aromatic nitrogens is 1. The number of ether oxygens (including phenoxy) is 3. The number of nitrogens with two attached hydrogens (primary N) is 1. The standard InChI is InChI=1S/C24H27FN2O4/c1-14-10-18(29-3)11-15(2)21(14)22-19(16-6-8-17(25)9-7-16)12-27(23(22)24(26)28)13-20(30-4)31-5/h6-12,20H,13H2,1-5H3,(H2,26,28).